The van der Waals surface area contributed by atoms with Gasteiger partial charge in [0, 0.05) is 25.1 Å². The van der Waals surface area contributed by atoms with E-state index in [-0.39, 0.29) is 5.88 Å². The van der Waals surface area contributed by atoms with Crippen LogP contribution in [0.25, 0.3) is 0 Å². The van der Waals surface area contributed by atoms with Crippen molar-refractivity contribution in [2.24, 2.45) is 0 Å². The summed E-state index contributed by atoms with van der Waals surface area (Å²) < 4.78 is 10.1. The van der Waals surface area contributed by atoms with Crippen LogP contribution in [-0.2, 0) is 5.75 Å². The van der Waals surface area contributed by atoms with Crippen molar-refractivity contribution in [3.05, 3.63) is 42.2 Å². The van der Waals surface area contributed by atoms with Crippen molar-refractivity contribution in [1.29, 1.82) is 0 Å². The predicted octanol–water partition coefficient (Wildman–Crippen LogP) is 3.03. The fraction of sp³-hybridized carbons (Fsp3) is 0.231. The van der Waals surface area contributed by atoms with Gasteiger partial charge < -0.3 is 14.2 Å². The fourth-order valence-corrected chi connectivity index (χ4v) is 2.06. The summed E-state index contributed by atoms with van der Waals surface area (Å²) in [5.74, 6) is 1.48. The molecule has 0 aliphatic carbocycles. The Balaban J connectivity index is 1.89. The lowest BCUT2D eigenvalue weighted by atomic mass is 10.4. The molecule has 100 valence electrons. The molecule has 0 radical (unpaired) electrons. The molecule has 0 aliphatic rings. The number of benzene rings is 1. The van der Waals surface area contributed by atoms with E-state index in [0.29, 0.717) is 11.5 Å². The van der Waals surface area contributed by atoms with Crippen molar-refractivity contribution in [2.45, 2.75) is 10.6 Å². The number of amides is 1. The zero-order valence-corrected chi connectivity index (χ0v) is 11.5. The first-order valence-electron chi connectivity index (χ1n) is 5.68. The highest BCUT2D eigenvalue weighted by Gasteiger charge is 2.11. The summed E-state index contributed by atoms with van der Waals surface area (Å²) in [4.78, 5) is 13.8. The third-order valence-electron chi connectivity index (χ3n) is 2.22. The van der Waals surface area contributed by atoms with Crippen LogP contribution < -0.4 is 4.74 Å². The van der Waals surface area contributed by atoms with Gasteiger partial charge in [0.15, 0.2) is 5.76 Å². The lowest BCUT2D eigenvalue weighted by Gasteiger charge is -2.07. The molecule has 0 spiro atoms. The van der Waals surface area contributed by atoms with Gasteiger partial charge in [-0.3, -0.25) is 0 Å². The maximum Gasteiger partial charge on any atom is 0.416 e. The Bertz CT molecular complexity index is 540. The number of carbonyl (C=O) groups is 1. The largest absolute Gasteiger partial charge is 0.416 e. The van der Waals surface area contributed by atoms with Gasteiger partial charge in [0.1, 0.15) is 0 Å². The Morgan fingerprint density at radius 2 is 2.11 bits per heavy atom. The van der Waals surface area contributed by atoms with Gasteiger partial charge in [-0.2, -0.15) is 0 Å². The molecule has 2 aromatic rings. The van der Waals surface area contributed by atoms with E-state index < -0.39 is 6.09 Å². The van der Waals surface area contributed by atoms with Gasteiger partial charge in [-0.1, -0.05) is 18.2 Å². The topological polar surface area (TPSA) is 55.6 Å². The third kappa shape index (κ3) is 4.03. The van der Waals surface area contributed by atoms with Gasteiger partial charge in [-0.15, -0.1) is 11.8 Å². The minimum Gasteiger partial charge on any atom is -0.388 e. The van der Waals surface area contributed by atoms with Crippen molar-refractivity contribution >= 4 is 17.9 Å². The number of aromatic nitrogens is 1. The molecule has 1 aromatic carbocycles. The number of carbonyl (C=O) groups excluding carboxylic acids is 1. The van der Waals surface area contributed by atoms with Crippen molar-refractivity contribution in [1.82, 2.24) is 10.1 Å². The fourth-order valence-electron chi connectivity index (χ4n) is 1.26. The van der Waals surface area contributed by atoms with E-state index in [1.54, 1.807) is 31.9 Å². The van der Waals surface area contributed by atoms with E-state index in [2.05, 4.69) is 5.16 Å². The molecule has 0 fully saturated rings. The Kier molecular flexibility index (Phi) is 4.46. The lowest BCUT2D eigenvalue weighted by molar-refractivity contribution is 0.167. The van der Waals surface area contributed by atoms with Gasteiger partial charge in [-0.25, -0.2) is 4.79 Å². The maximum atomic E-state index is 11.3. The summed E-state index contributed by atoms with van der Waals surface area (Å²) in [5.41, 5.74) is 0. The number of nitrogens with zero attached hydrogens (tertiary/aromatic N) is 2. The summed E-state index contributed by atoms with van der Waals surface area (Å²) >= 11 is 1.63. The first-order valence-corrected chi connectivity index (χ1v) is 6.66. The summed E-state index contributed by atoms with van der Waals surface area (Å²) in [7, 11) is 3.21. The standard InChI is InChI=1S/C13H14N2O3S/c1-15(2)13(16)17-12-8-10(18-14-12)9-19-11-6-4-3-5-7-11/h3-8H,9H2,1-2H3. The average Bonchev–Trinajstić information content (AvgIpc) is 2.85. The Morgan fingerprint density at radius 1 is 1.37 bits per heavy atom. The SMILES string of the molecule is CN(C)C(=O)Oc1cc(CSc2ccccc2)on1. The molecule has 0 saturated carbocycles. The first kappa shape index (κ1) is 13.5. The summed E-state index contributed by atoms with van der Waals surface area (Å²) in [6, 6.07) is 11.6. The Morgan fingerprint density at radius 3 is 2.79 bits per heavy atom. The molecule has 0 saturated heterocycles. The highest BCUT2D eigenvalue weighted by Crippen LogP contribution is 2.24. The van der Waals surface area contributed by atoms with Crippen LogP contribution >= 0.6 is 11.8 Å². The first-order chi connectivity index (χ1) is 9.15. The van der Waals surface area contributed by atoms with Crippen molar-refractivity contribution in [2.75, 3.05) is 14.1 Å². The average molecular weight is 278 g/mol. The minimum atomic E-state index is -0.476. The van der Waals surface area contributed by atoms with E-state index >= 15 is 0 Å². The zero-order chi connectivity index (χ0) is 13.7. The molecule has 2 rings (SSSR count). The molecule has 19 heavy (non-hydrogen) atoms. The van der Waals surface area contributed by atoms with Gasteiger partial charge in [0.2, 0.25) is 0 Å². The normalized spacial score (nSPS) is 10.2. The zero-order valence-electron chi connectivity index (χ0n) is 10.7. The van der Waals surface area contributed by atoms with Crippen LogP contribution in [0.15, 0.2) is 45.8 Å². The summed E-state index contributed by atoms with van der Waals surface area (Å²) in [6.07, 6.45) is -0.476. The van der Waals surface area contributed by atoms with Crippen LogP contribution in [0.3, 0.4) is 0 Å². The lowest BCUT2D eigenvalue weighted by Crippen LogP contribution is -2.25. The molecule has 0 N–H and O–H groups in total. The molecule has 0 aliphatic heterocycles. The van der Waals surface area contributed by atoms with Crippen molar-refractivity contribution < 1.29 is 14.1 Å². The second kappa shape index (κ2) is 6.29. The number of hydrogen-bond donors (Lipinski definition) is 0. The molecular formula is C13H14N2O3S. The van der Waals surface area contributed by atoms with Gasteiger partial charge in [0.05, 0.1) is 5.75 Å². The quantitative estimate of drug-likeness (QED) is 0.805. The van der Waals surface area contributed by atoms with Crippen molar-refractivity contribution in [3.8, 4) is 5.88 Å². The van der Waals surface area contributed by atoms with E-state index in [0.717, 1.165) is 4.90 Å². The van der Waals surface area contributed by atoms with Crippen LogP contribution in [0, 0.1) is 0 Å². The molecule has 0 atom stereocenters. The number of hydrogen-bond acceptors (Lipinski definition) is 5. The highest BCUT2D eigenvalue weighted by molar-refractivity contribution is 7.98. The third-order valence-corrected chi connectivity index (χ3v) is 3.25. The smallest absolute Gasteiger partial charge is 0.388 e. The van der Waals surface area contributed by atoms with E-state index in [1.807, 2.05) is 30.3 Å². The van der Waals surface area contributed by atoms with Crippen LogP contribution in [-0.4, -0.2) is 30.2 Å². The Hall–Kier alpha value is -1.95. The maximum absolute atomic E-state index is 11.3. The van der Waals surface area contributed by atoms with Gasteiger partial charge in [-0.05, 0) is 17.3 Å². The molecule has 5 nitrogen and oxygen atoms in total. The molecule has 1 heterocycles. The van der Waals surface area contributed by atoms with Gasteiger partial charge in [0.25, 0.3) is 5.88 Å². The van der Waals surface area contributed by atoms with Crippen LogP contribution in [0.5, 0.6) is 5.88 Å². The monoisotopic (exact) mass is 278 g/mol. The molecule has 1 aromatic heterocycles. The summed E-state index contributed by atoms with van der Waals surface area (Å²) in [6.45, 7) is 0. The summed E-state index contributed by atoms with van der Waals surface area (Å²) in [5, 5.41) is 3.69. The molecular weight excluding hydrogens is 264 g/mol. The Labute approximate surface area is 115 Å². The van der Waals surface area contributed by atoms with E-state index in [4.69, 9.17) is 9.26 Å². The van der Waals surface area contributed by atoms with Crippen LogP contribution in [0.1, 0.15) is 5.76 Å². The predicted molar refractivity (Wildman–Crippen MR) is 72.2 cm³/mol. The molecule has 1 amide bonds. The second-order valence-electron chi connectivity index (χ2n) is 4.00. The van der Waals surface area contributed by atoms with Crippen molar-refractivity contribution in [3.63, 3.8) is 0 Å². The molecule has 0 unspecified atom stereocenters. The molecule has 6 heteroatoms. The van der Waals surface area contributed by atoms with E-state index in [1.165, 1.54) is 4.90 Å². The number of rotatable bonds is 4. The second-order valence-corrected chi connectivity index (χ2v) is 5.04. The number of thioether (sulfide) groups is 1. The van der Waals surface area contributed by atoms with Crippen LogP contribution in [0.2, 0.25) is 0 Å². The highest BCUT2D eigenvalue weighted by atomic mass is 32.2. The van der Waals surface area contributed by atoms with Gasteiger partial charge >= 0.3 is 6.09 Å². The van der Waals surface area contributed by atoms with Crippen LogP contribution in [0.4, 0.5) is 4.79 Å². The van der Waals surface area contributed by atoms with E-state index in [9.17, 15) is 4.79 Å². The molecule has 0 bridgehead atoms. The number of ether oxygens (including phenoxy) is 1. The minimum absolute atomic E-state index is 0.183.